The Balaban J connectivity index is 2.04. The van der Waals surface area contributed by atoms with Gasteiger partial charge in [-0.3, -0.25) is 9.89 Å². The monoisotopic (exact) mass is 207 g/mol. The topological polar surface area (TPSA) is 49.8 Å². The van der Waals surface area contributed by atoms with Gasteiger partial charge in [-0.05, 0) is 19.8 Å². The van der Waals surface area contributed by atoms with Crippen LogP contribution in [0.3, 0.4) is 0 Å². The summed E-state index contributed by atoms with van der Waals surface area (Å²) in [5, 5.41) is 6.55. The van der Waals surface area contributed by atoms with E-state index in [9.17, 15) is 4.79 Å². The zero-order chi connectivity index (χ0) is 10.4. The van der Waals surface area contributed by atoms with Crippen molar-refractivity contribution >= 4 is 0 Å². The first kappa shape index (κ1) is 9.21. The number of rotatable bonds is 1. The van der Waals surface area contributed by atoms with Crippen LogP contribution in [0.15, 0.2) is 4.79 Å². The van der Waals surface area contributed by atoms with Crippen molar-refractivity contribution in [2.45, 2.75) is 51.2 Å². The van der Waals surface area contributed by atoms with E-state index < -0.39 is 0 Å². The summed E-state index contributed by atoms with van der Waals surface area (Å²) in [4.78, 5) is 12.1. The van der Waals surface area contributed by atoms with E-state index in [1.54, 1.807) is 0 Å². The molecule has 1 aromatic rings. The summed E-state index contributed by atoms with van der Waals surface area (Å²) in [6.07, 6.45) is 4.82. The van der Waals surface area contributed by atoms with Crippen LogP contribution in [0.4, 0.5) is 0 Å². The highest BCUT2D eigenvalue weighted by atomic mass is 16.1. The highest BCUT2D eigenvalue weighted by molar-refractivity contribution is 5.25. The lowest BCUT2D eigenvalue weighted by Crippen LogP contribution is -2.25. The summed E-state index contributed by atoms with van der Waals surface area (Å²) in [6.45, 7) is 2.87. The Hall–Kier alpha value is -1.03. The molecule has 0 amide bonds. The molecule has 1 aliphatic carbocycles. The summed E-state index contributed by atoms with van der Waals surface area (Å²) >= 11 is 0. The summed E-state index contributed by atoms with van der Waals surface area (Å²) < 4.78 is 1.87. The van der Waals surface area contributed by atoms with Crippen molar-refractivity contribution in [3.05, 3.63) is 21.6 Å². The van der Waals surface area contributed by atoms with Crippen molar-refractivity contribution in [1.29, 1.82) is 0 Å². The molecule has 1 aliphatic heterocycles. The third-order valence-electron chi connectivity index (χ3n) is 3.74. The van der Waals surface area contributed by atoms with Gasteiger partial charge in [-0.25, -0.2) is 4.68 Å². The molecule has 1 unspecified atom stereocenters. The largest absolute Gasteiger partial charge is 0.304 e. The number of aromatic amines is 1. The molecule has 3 rings (SSSR count). The van der Waals surface area contributed by atoms with Crippen LogP contribution in [0.5, 0.6) is 0 Å². The molecule has 0 spiro atoms. The predicted octanol–water partition coefficient (Wildman–Crippen LogP) is 1.46. The fourth-order valence-electron chi connectivity index (χ4n) is 2.87. The van der Waals surface area contributed by atoms with Crippen molar-refractivity contribution in [3.63, 3.8) is 0 Å². The van der Waals surface area contributed by atoms with Gasteiger partial charge in [0.1, 0.15) is 0 Å². The van der Waals surface area contributed by atoms with Gasteiger partial charge in [-0.1, -0.05) is 12.8 Å². The summed E-state index contributed by atoms with van der Waals surface area (Å²) in [7, 11) is 0. The van der Waals surface area contributed by atoms with Gasteiger partial charge in [-0.2, -0.15) is 0 Å². The van der Waals surface area contributed by atoms with Gasteiger partial charge in [-0.15, -0.1) is 0 Å². The van der Waals surface area contributed by atoms with E-state index in [2.05, 4.69) is 17.3 Å². The van der Waals surface area contributed by atoms with E-state index in [1.165, 1.54) is 12.8 Å². The second-order valence-electron chi connectivity index (χ2n) is 4.72. The highest BCUT2D eigenvalue weighted by Gasteiger charge is 2.28. The maximum Gasteiger partial charge on any atom is 0.271 e. The molecule has 4 heteroatoms. The summed E-state index contributed by atoms with van der Waals surface area (Å²) in [5.41, 5.74) is 2.26. The van der Waals surface area contributed by atoms with Crippen LogP contribution in [0, 0.1) is 0 Å². The third-order valence-corrected chi connectivity index (χ3v) is 3.74. The van der Waals surface area contributed by atoms with Gasteiger partial charge >= 0.3 is 0 Å². The molecule has 15 heavy (non-hydrogen) atoms. The molecule has 0 bridgehead atoms. The van der Waals surface area contributed by atoms with Crippen molar-refractivity contribution < 1.29 is 0 Å². The molecule has 0 radical (unpaired) electrons. The van der Waals surface area contributed by atoms with E-state index >= 15 is 0 Å². The standard InChI is InChI=1S/C11H17N3O/c1-7-10-9(6-12-7)13-14(11(10)15)8-4-2-3-5-8/h7-8,12-13H,2-6H2,1H3. The Kier molecular flexibility index (Phi) is 1.99. The zero-order valence-corrected chi connectivity index (χ0v) is 9.05. The van der Waals surface area contributed by atoms with Gasteiger partial charge in [0.05, 0.1) is 17.3 Å². The van der Waals surface area contributed by atoms with Crippen molar-refractivity contribution in [3.8, 4) is 0 Å². The van der Waals surface area contributed by atoms with Gasteiger partial charge in [0, 0.05) is 12.6 Å². The van der Waals surface area contributed by atoms with Gasteiger partial charge in [0.2, 0.25) is 0 Å². The molecule has 0 aromatic carbocycles. The van der Waals surface area contributed by atoms with Gasteiger partial charge < -0.3 is 5.32 Å². The van der Waals surface area contributed by atoms with Gasteiger partial charge in [0.25, 0.3) is 5.56 Å². The average Bonchev–Trinajstić information content (AvgIpc) is 2.86. The van der Waals surface area contributed by atoms with Crippen LogP contribution in [-0.4, -0.2) is 9.78 Å². The Morgan fingerprint density at radius 2 is 2.07 bits per heavy atom. The van der Waals surface area contributed by atoms with Crippen LogP contribution in [-0.2, 0) is 6.54 Å². The van der Waals surface area contributed by atoms with Crippen LogP contribution in [0.25, 0.3) is 0 Å². The third kappa shape index (κ3) is 1.28. The van der Waals surface area contributed by atoms with E-state index in [0.29, 0.717) is 6.04 Å². The molecule has 0 saturated heterocycles. The minimum Gasteiger partial charge on any atom is -0.304 e. The molecule has 1 fully saturated rings. The number of aromatic nitrogens is 2. The average molecular weight is 207 g/mol. The van der Waals surface area contributed by atoms with Crippen molar-refractivity contribution in [2.75, 3.05) is 0 Å². The molecule has 4 nitrogen and oxygen atoms in total. The predicted molar refractivity (Wildman–Crippen MR) is 57.8 cm³/mol. The number of fused-ring (bicyclic) bond motifs is 1. The van der Waals surface area contributed by atoms with Gasteiger partial charge in [0.15, 0.2) is 0 Å². The smallest absolute Gasteiger partial charge is 0.271 e. The second kappa shape index (κ2) is 3.23. The summed E-state index contributed by atoms with van der Waals surface area (Å²) in [5.74, 6) is 0. The lowest BCUT2D eigenvalue weighted by atomic mass is 10.2. The van der Waals surface area contributed by atoms with E-state index in [4.69, 9.17) is 0 Å². The SMILES string of the molecule is CC1NCc2[nH]n(C3CCCC3)c(=O)c21. The van der Waals surface area contributed by atoms with Crippen molar-refractivity contribution in [1.82, 2.24) is 15.1 Å². The minimum atomic E-state index is 0.203. The quantitative estimate of drug-likeness (QED) is 0.732. The summed E-state index contributed by atoms with van der Waals surface area (Å²) in [6, 6.07) is 0.640. The lowest BCUT2D eigenvalue weighted by Gasteiger charge is -2.10. The fraction of sp³-hybridized carbons (Fsp3) is 0.727. The maximum atomic E-state index is 12.1. The van der Waals surface area contributed by atoms with E-state index in [0.717, 1.165) is 30.6 Å². The van der Waals surface area contributed by atoms with Crippen LogP contribution in [0.1, 0.15) is 55.9 Å². The Morgan fingerprint density at radius 1 is 1.33 bits per heavy atom. The molecule has 1 aromatic heterocycles. The van der Waals surface area contributed by atoms with Crippen LogP contribution >= 0.6 is 0 Å². The first-order valence-electron chi connectivity index (χ1n) is 5.84. The Labute approximate surface area is 88.7 Å². The van der Waals surface area contributed by atoms with E-state index in [1.807, 2.05) is 4.68 Å². The molecule has 2 heterocycles. The first-order valence-corrected chi connectivity index (χ1v) is 5.84. The highest BCUT2D eigenvalue weighted by Crippen LogP contribution is 2.29. The number of H-pyrrole nitrogens is 1. The lowest BCUT2D eigenvalue weighted by molar-refractivity contribution is 0.443. The zero-order valence-electron chi connectivity index (χ0n) is 9.05. The molecule has 1 atom stereocenters. The normalized spacial score (nSPS) is 26.1. The number of nitrogens with zero attached hydrogens (tertiary/aromatic N) is 1. The van der Waals surface area contributed by atoms with Crippen LogP contribution < -0.4 is 10.9 Å². The molecule has 2 N–H and O–H groups in total. The molecule has 82 valence electrons. The molecule has 1 saturated carbocycles. The number of nitrogens with one attached hydrogen (secondary N) is 2. The number of hydrogen-bond donors (Lipinski definition) is 2. The minimum absolute atomic E-state index is 0.203. The molecular weight excluding hydrogens is 190 g/mol. The molecule has 2 aliphatic rings. The Bertz CT molecular complexity index is 426. The second-order valence-corrected chi connectivity index (χ2v) is 4.72. The fourth-order valence-corrected chi connectivity index (χ4v) is 2.87. The Morgan fingerprint density at radius 3 is 2.73 bits per heavy atom. The number of hydrogen-bond acceptors (Lipinski definition) is 2. The van der Waals surface area contributed by atoms with Crippen LogP contribution in [0.2, 0.25) is 0 Å². The molecular formula is C11H17N3O. The first-order chi connectivity index (χ1) is 7.27. The van der Waals surface area contributed by atoms with Crippen molar-refractivity contribution in [2.24, 2.45) is 0 Å². The maximum absolute atomic E-state index is 12.1. The van der Waals surface area contributed by atoms with E-state index in [-0.39, 0.29) is 11.6 Å².